The molecule has 3 nitrogen and oxygen atoms in total. The molecule has 0 saturated carbocycles. The molecule has 0 bridgehead atoms. The van der Waals surface area contributed by atoms with Crippen LogP contribution in [0.4, 0.5) is 0 Å². The molecular weight excluding hydrogens is 250 g/mol. The molecule has 1 rings (SSSR count). The summed E-state index contributed by atoms with van der Waals surface area (Å²) in [5.74, 6) is 0. The molecule has 0 fully saturated rings. The zero-order chi connectivity index (χ0) is 13.4. The van der Waals surface area contributed by atoms with E-state index in [0.717, 1.165) is 23.7 Å². The topological polar surface area (TPSA) is 30.5 Å². The summed E-state index contributed by atoms with van der Waals surface area (Å²) in [6.07, 6.45) is -0.0151. The second-order valence-corrected chi connectivity index (χ2v) is 4.63. The van der Waals surface area contributed by atoms with E-state index in [0.29, 0.717) is 6.61 Å². The third-order valence-corrected chi connectivity index (χ3v) is 2.97. The molecule has 0 saturated heterocycles. The molecule has 0 aliphatic heterocycles. The lowest BCUT2D eigenvalue weighted by atomic mass is 10.1. The Hall–Kier alpha value is -0.610. The first-order chi connectivity index (χ1) is 8.69. The van der Waals surface area contributed by atoms with Crippen LogP contribution in [0, 0.1) is 0 Å². The molecule has 1 N–H and O–H groups in total. The maximum absolute atomic E-state index is 6.22. The van der Waals surface area contributed by atoms with Crippen molar-refractivity contribution in [2.75, 3.05) is 26.8 Å². The molecule has 0 aliphatic rings. The Kier molecular flexibility index (Phi) is 7.28. The zero-order valence-electron chi connectivity index (χ0n) is 11.3. The highest BCUT2D eigenvalue weighted by Gasteiger charge is 2.17. The molecule has 102 valence electrons. The van der Waals surface area contributed by atoms with Gasteiger partial charge in [-0.05, 0) is 19.5 Å². The van der Waals surface area contributed by atoms with E-state index in [2.05, 4.69) is 12.2 Å². The molecule has 0 spiro atoms. The maximum atomic E-state index is 6.22. The Bertz CT molecular complexity index is 346. The standard InChI is InChI=1S/C14H22ClNO2/c1-4-16-9-14(18-11(2)10-17-3)12-7-5-6-8-13(12)15/h5-8,11,14,16H,4,9-10H2,1-3H3. The minimum atomic E-state index is -0.0520. The summed E-state index contributed by atoms with van der Waals surface area (Å²) < 4.78 is 11.1. The number of ether oxygens (including phenoxy) is 2. The van der Waals surface area contributed by atoms with Gasteiger partial charge in [-0.15, -0.1) is 0 Å². The second kappa shape index (κ2) is 8.48. The SMILES string of the molecule is CCNCC(OC(C)COC)c1ccccc1Cl. The van der Waals surface area contributed by atoms with Crippen LogP contribution in [0.3, 0.4) is 0 Å². The summed E-state index contributed by atoms with van der Waals surface area (Å²) in [5, 5.41) is 4.04. The number of halogens is 1. The van der Waals surface area contributed by atoms with E-state index in [1.807, 2.05) is 31.2 Å². The summed E-state index contributed by atoms with van der Waals surface area (Å²) in [5.41, 5.74) is 1.02. The highest BCUT2D eigenvalue weighted by Crippen LogP contribution is 2.26. The molecule has 0 amide bonds. The van der Waals surface area contributed by atoms with Gasteiger partial charge in [-0.1, -0.05) is 36.7 Å². The molecule has 0 aliphatic carbocycles. The number of nitrogens with one attached hydrogen (secondary N) is 1. The highest BCUT2D eigenvalue weighted by molar-refractivity contribution is 6.31. The number of hydrogen-bond acceptors (Lipinski definition) is 3. The van der Waals surface area contributed by atoms with Crippen LogP contribution >= 0.6 is 11.6 Å². The fourth-order valence-corrected chi connectivity index (χ4v) is 2.05. The summed E-state index contributed by atoms with van der Waals surface area (Å²) in [6, 6.07) is 7.79. The van der Waals surface area contributed by atoms with Gasteiger partial charge in [0, 0.05) is 24.2 Å². The van der Waals surface area contributed by atoms with Crippen LogP contribution in [-0.2, 0) is 9.47 Å². The molecule has 2 unspecified atom stereocenters. The predicted octanol–water partition coefficient (Wildman–Crippen LogP) is 3.04. The summed E-state index contributed by atoms with van der Waals surface area (Å²) in [7, 11) is 1.68. The summed E-state index contributed by atoms with van der Waals surface area (Å²) in [6.45, 7) is 6.30. The number of rotatable bonds is 8. The van der Waals surface area contributed by atoms with Gasteiger partial charge >= 0.3 is 0 Å². The van der Waals surface area contributed by atoms with Crippen LogP contribution in [0.25, 0.3) is 0 Å². The van der Waals surface area contributed by atoms with Crippen molar-refractivity contribution in [3.63, 3.8) is 0 Å². The van der Waals surface area contributed by atoms with Gasteiger partial charge in [-0.3, -0.25) is 0 Å². The van der Waals surface area contributed by atoms with E-state index < -0.39 is 0 Å². The fraction of sp³-hybridized carbons (Fsp3) is 0.571. The first-order valence-electron chi connectivity index (χ1n) is 6.28. The summed E-state index contributed by atoms with van der Waals surface area (Å²) in [4.78, 5) is 0. The number of methoxy groups -OCH3 is 1. The van der Waals surface area contributed by atoms with Crippen molar-refractivity contribution in [2.24, 2.45) is 0 Å². The molecule has 0 heterocycles. The maximum Gasteiger partial charge on any atom is 0.0968 e. The largest absolute Gasteiger partial charge is 0.382 e. The Balaban J connectivity index is 2.74. The van der Waals surface area contributed by atoms with Gasteiger partial charge in [0.15, 0.2) is 0 Å². The van der Waals surface area contributed by atoms with Crippen molar-refractivity contribution >= 4 is 11.6 Å². The first kappa shape index (κ1) is 15.4. The monoisotopic (exact) mass is 271 g/mol. The Morgan fingerprint density at radius 1 is 1.33 bits per heavy atom. The predicted molar refractivity (Wildman–Crippen MR) is 75.2 cm³/mol. The average molecular weight is 272 g/mol. The van der Waals surface area contributed by atoms with Gasteiger partial charge in [-0.2, -0.15) is 0 Å². The van der Waals surface area contributed by atoms with Gasteiger partial charge in [-0.25, -0.2) is 0 Å². The van der Waals surface area contributed by atoms with Gasteiger partial charge in [0.2, 0.25) is 0 Å². The van der Waals surface area contributed by atoms with Crippen molar-refractivity contribution in [3.8, 4) is 0 Å². The molecule has 1 aromatic carbocycles. The van der Waals surface area contributed by atoms with Crippen LogP contribution in [0.1, 0.15) is 25.5 Å². The lowest BCUT2D eigenvalue weighted by Crippen LogP contribution is -2.27. The third kappa shape index (κ3) is 4.94. The van der Waals surface area contributed by atoms with Gasteiger partial charge < -0.3 is 14.8 Å². The molecule has 1 aromatic rings. The van der Waals surface area contributed by atoms with Gasteiger partial charge in [0.05, 0.1) is 18.8 Å². The third-order valence-electron chi connectivity index (χ3n) is 2.63. The van der Waals surface area contributed by atoms with Crippen LogP contribution < -0.4 is 5.32 Å². The first-order valence-corrected chi connectivity index (χ1v) is 6.66. The average Bonchev–Trinajstić information content (AvgIpc) is 2.35. The van der Waals surface area contributed by atoms with Crippen LogP contribution in [0.2, 0.25) is 5.02 Å². The zero-order valence-corrected chi connectivity index (χ0v) is 12.0. The van der Waals surface area contributed by atoms with Crippen molar-refractivity contribution < 1.29 is 9.47 Å². The van der Waals surface area contributed by atoms with E-state index in [1.165, 1.54) is 0 Å². The van der Waals surface area contributed by atoms with Crippen molar-refractivity contribution in [1.29, 1.82) is 0 Å². The minimum Gasteiger partial charge on any atom is -0.382 e. The molecule has 2 atom stereocenters. The summed E-state index contributed by atoms with van der Waals surface area (Å²) >= 11 is 6.22. The normalized spacial score (nSPS) is 14.4. The van der Waals surface area contributed by atoms with Crippen molar-refractivity contribution in [2.45, 2.75) is 26.1 Å². The Morgan fingerprint density at radius 2 is 2.06 bits per heavy atom. The number of likely N-dealkylation sites (N-methyl/N-ethyl adjacent to an activating group) is 1. The van der Waals surface area contributed by atoms with E-state index in [9.17, 15) is 0 Å². The van der Waals surface area contributed by atoms with Crippen molar-refractivity contribution in [1.82, 2.24) is 5.32 Å². The number of benzene rings is 1. The van der Waals surface area contributed by atoms with E-state index in [-0.39, 0.29) is 12.2 Å². The Labute approximate surface area is 114 Å². The minimum absolute atomic E-state index is 0.0370. The molecule has 0 radical (unpaired) electrons. The molecule has 4 heteroatoms. The second-order valence-electron chi connectivity index (χ2n) is 4.22. The van der Waals surface area contributed by atoms with Crippen LogP contribution in [-0.4, -0.2) is 32.9 Å². The lowest BCUT2D eigenvalue weighted by Gasteiger charge is -2.23. The molecular formula is C14H22ClNO2. The van der Waals surface area contributed by atoms with Gasteiger partial charge in [0.1, 0.15) is 0 Å². The van der Waals surface area contributed by atoms with Crippen molar-refractivity contribution in [3.05, 3.63) is 34.9 Å². The quantitative estimate of drug-likeness (QED) is 0.788. The lowest BCUT2D eigenvalue weighted by molar-refractivity contribution is -0.0391. The smallest absolute Gasteiger partial charge is 0.0968 e. The molecule has 18 heavy (non-hydrogen) atoms. The van der Waals surface area contributed by atoms with Gasteiger partial charge in [0.25, 0.3) is 0 Å². The number of hydrogen-bond donors (Lipinski definition) is 1. The van der Waals surface area contributed by atoms with E-state index in [4.69, 9.17) is 21.1 Å². The van der Waals surface area contributed by atoms with E-state index >= 15 is 0 Å². The van der Waals surface area contributed by atoms with Crippen LogP contribution in [0.15, 0.2) is 24.3 Å². The highest BCUT2D eigenvalue weighted by atomic mass is 35.5. The van der Waals surface area contributed by atoms with E-state index in [1.54, 1.807) is 7.11 Å². The van der Waals surface area contributed by atoms with Crippen LogP contribution in [0.5, 0.6) is 0 Å². The molecule has 0 aromatic heterocycles. The fourth-order valence-electron chi connectivity index (χ4n) is 1.80. The Morgan fingerprint density at radius 3 is 2.67 bits per heavy atom.